The first-order valence-electron chi connectivity index (χ1n) is 5.00. The molecule has 1 aliphatic carbocycles. The maximum absolute atomic E-state index is 4.55. The first-order valence-corrected chi connectivity index (χ1v) is 5.88. The Morgan fingerprint density at radius 1 is 1.54 bits per heavy atom. The molecule has 1 aromatic heterocycles. The van der Waals surface area contributed by atoms with Gasteiger partial charge < -0.3 is 5.32 Å². The number of hydrogen-bond donors (Lipinski definition) is 1. The van der Waals surface area contributed by atoms with E-state index in [-0.39, 0.29) is 0 Å². The Bertz CT molecular complexity index is 316. The smallest absolute Gasteiger partial charge is 0.0898 e. The van der Waals surface area contributed by atoms with Crippen molar-refractivity contribution >= 4 is 11.3 Å². The van der Waals surface area contributed by atoms with Crippen LogP contribution in [0.25, 0.3) is 0 Å². The third kappa shape index (κ3) is 1.30. The molecule has 1 saturated carbocycles. The topological polar surface area (TPSA) is 24.9 Å². The van der Waals surface area contributed by atoms with E-state index in [0.717, 1.165) is 11.8 Å². The lowest BCUT2D eigenvalue weighted by molar-refractivity contribution is 0.202. The molecule has 2 atom stereocenters. The van der Waals surface area contributed by atoms with Gasteiger partial charge in [-0.15, -0.1) is 11.3 Å². The molecule has 1 N–H and O–H groups in total. The second-order valence-electron chi connectivity index (χ2n) is 4.18. The lowest BCUT2D eigenvalue weighted by atomic mass is 9.85. The summed E-state index contributed by atoms with van der Waals surface area (Å²) in [5.74, 6) is 1.90. The maximum atomic E-state index is 4.55. The molecule has 0 bridgehead atoms. The average molecular weight is 194 g/mol. The van der Waals surface area contributed by atoms with Crippen LogP contribution >= 0.6 is 11.3 Å². The molecule has 3 heteroatoms. The molecule has 1 aliphatic heterocycles. The zero-order chi connectivity index (χ0) is 8.84. The van der Waals surface area contributed by atoms with Crippen molar-refractivity contribution < 1.29 is 0 Å². The van der Waals surface area contributed by atoms with Gasteiger partial charge in [-0.2, -0.15) is 0 Å². The van der Waals surface area contributed by atoms with E-state index in [1.807, 2.05) is 0 Å². The second-order valence-corrected chi connectivity index (χ2v) is 5.24. The number of nitrogens with one attached hydrogen (secondary N) is 1. The van der Waals surface area contributed by atoms with Gasteiger partial charge in [-0.3, -0.25) is 0 Å². The summed E-state index contributed by atoms with van der Waals surface area (Å²) in [6.45, 7) is 3.30. The van der Waals surface area contributed by atoms with E-state index in [1.165, 1.54) is 30.1 Å². The maximum Gasteiger partial charge on any atom is 0.0898 e. The van der Waals surface area contributed by atoms with Crippen molar-refractivity contribution in [1.82, 2.24) is 10.3 Å². The highest BCUT2D eigenvalue weighted by Crippen LogP contribution is 2.46. The number of rotatable bonds is 2. The minimum Gasteiger partial charge on any atom is -0.308 e. The predicted octanol–water partition coefficient (Wildman–Crippen LogP) is 2.12. The molecule has 1 aromatic rings. The molecule has 13 heavy (non-hydrogen) atoms. The molecule has 2 aliphatic rings. The highest BCUT2D eigenvalue weighted by Gasteiger charge is 2.43. The van der Waals surface area contributed by atoms with Crippen molar-refractivity contribution in [2.24, 2.45) is 11.8 Å². The van der Waals surface area contributed by atoms with Crippen molar-refractivity contribution in [3.63, 3.8) is 0 Å². The monoisotopic (exact) mass is 194 g/mol. The van der Waals surface area contributed by atoms with Crippen LogP contribution in [0.3, 0.4) is 0 Å². The van der Waals surface area contributed by atoms with Crippen molar-refractivity contribution in [3.8, 4) is 0 Å². The van der Waals surface area contributed by atoms with Gasteiger partial charge in [-0.25, -0.2) is 4.98 Å². The Balaban J connectivity index is 1.77. The van der Waals surface area contributed by atoms with Crippen LogP contribution in [0.5, 0.6) is 0 Å². The Morgan fingerprint density at radius 2 is 2.38 bits per heavy atom. The summed E-state index contributed by atoms with van der Waals surface area (Å²) < 4.78 is 0. The molecule has 2 heterocycles. The van der Waals surface area contributed by atoms with Gasteiger partial charge in [0.05, 0.1) is 16.7 Å². The molecule has 70 valence electrons. The van der Waals surface area contributed by atoms with E-state index in [2.05, 4.69) is 22.6 Å². The van der Waals surface area contributed by atoms with E-state index >= 15 is 0 Å². The lowest BCUT2D eigenvalue weighted by Gasteiger charge is -2.37. The Kier molecular flexibility index (Phi) is 1.70. The minimum atomic E-state index is 0.581. The van der Waals surface area contributed by atoms with E-state index in [1.54, 1.807) is 11.3 Å². The highest BCUT2D eigenvalue weighted by atomic mass is 32.1. The summed E-state index contributed by atoms with van der Waals surface area (Å²) >= 11 is 1.77. The van der Waals surface area contributed by atoms with Gasteiger partial charge in [0.25, 0.3) is 0 Å². The fourth-order valence-corrected chi connectivity index (χ4v) is 2.83. The fraction of sp³-hybridized carbons (Fsp3) is 0.700. The van der Waals surface area contributed by atoms with Gasteiger partial charge in [0.15, 0.2) is 0 Å². The van der Waals surface area contributed by atoms with Gasteiger partial charge in [-0.05, 0) is 31.6 Å². The zero-order valence-corrected chi connectivity index (χ0v) is 8.60. The molecule has 2 unspecified atom stereocenters. The summed E-state index contributed by atoms with van der Waals surface area (Å²) in [5.41, 5.74) is 1.28. The normalized spacial score (nSPS) is 33.0. The molecule has 0 amide bonds. The van der Waals surface area contributed by atoms with E-state index in [0.29, 0.717) is 6.04 Å². The molecule has 2 fully saturated rings. The van der Waals surface area contributed by atoms with Crippen molar-refractivity contribution in [2.45, 2.75) is 25.8 Å². The number of aromatic nitrogens is 1. The summed E-state index contributed by atoms with van der Waals surface area (Å²) in [4.78, 5) is 4.55. The van der Waals surface area contributed by atoms with Crippen LogP contribution in [0.2, 0.25) is 0 Å². The summed E-state index contributed by atoms with van der Waals surface area (Å²) in [5, 5.41) is 6.89. The van der Waals surface area contributed by atoms with Gasteiger partial charge in [0, 0.05) is 11.9 Å². The van der Waals surface area contributed by atoms with Gasteiger partial charge in [0.1, 0.15) is 0 Å². The molecule has 0 spiro atoms. The van der Waals surface area contributed by atoms with Crippen LogP contribution in [0, 0.1) is 18.8 Å². The van der Waals surface area contributed by atoms with Gasteiger partial charge in [-0.1, -0.05) is 0 Å². The summed E-state index contributed by atoms with van der Waals surface area (Å²) in [7, 11) is 0. The number of aryl methyl sites for hydroxylation is 1. The fourth-order valence-electron chi connectivity index (χ4n) is 2.18. The van der Waals surface area contributed by atoms with Crippen LogP contribution in [0.4, 0.5) is 0 Å². The Hall–Kier alpha value is -0.410. The van der Waals surface area contributed by atoms with Crippen LogP contribution in [0.1, 0.15) is 29.6 Å². The third-order valence-corrected chi connectivity index (χ3v) is 3.98. The largest absolute Gasteiger partial charge is 0.308 e. The SMILES string of the molecule is Cc1nc(C2NCC2C2CC2)cs1. The van der Waals surface area contributed by atoms with Crippen molar-refractivity contribution in [1.29, 1.82) is 0 Å². The average Bonchev–Trinajstić information content (AvgIpc) is 2.75. The Morgan fingerprint density at radius 3 is 2.85 bits per heavy atom. The lowest BCUT2D eigenvalue weighted by Crippen LogP contribution is -2.46. The van der Waals surface area contributed by atoms with Crippen LogP contribution < -0.4 is 5.32 Å². The molecule has 2 nitrogen and oxygen atoms in total. The van der Waals surface area contributed by atoms with Crippen LogP contribution in [0.15, 0.2) is 5.38 Å². The number of nitrogens with zero attached hydrogens (tertiary/aromatic N) is 1. The molecule has 1 saturated heterocycles. The Labute approximate surface area is 82.4 Å². The van der Waals surface area contributed by atoms with Crippen LogP contribution in [-0.4, -0.2) is 11.5 Å². The highest BCUT2D eigenvalue weighted by molar-refractivity contribution is 7.09. The quantitative estimate of drug-likeness (QED) is 0.780. The molecular formula is C10H14N2S. The van der Waals surface area contributed by atoms with Gasteiger partial charge >= 0.3 is 0 Å². The van der Waals surface area contributed by atoms with E-state index in [9.17, 15) is 0 Å². The van der Waals surface area contributed by atoms with Crippen LogP contribution in [-0.2, 0) is 0 Å². The second kappa shape index (κ2) is 2.79. The molecular weight excluding hydrogens is 180 g/mol. The molecule has 0 aromatic carbocycles. The minimum absolute atomic E-state index is 0.581. The van der Waals surface area contributed by atoms with E-state index < -0.39 is 0 Å². The standard InChI is InChI=1S/C10H14N2S/c1-6-12-9(5-13-6)10-8(4-11-10)7-2-3-7/h5,7-8,10-11H,2-4H2,1H3. The van der Waals surface area contributed by atoms with Crippen molar-refractivity contribution in [2.75, 3.05) is 6.54 Å². The summed E-state index contributed by atoms with van der Waals surface area (Å²) in [6.07, 6.45) is 2.90. The number of thiazole rings is 1. The first kappa shape index (κ1) is 7.94. The zero-order valence-electron chi connectivity index (χ0n) is 7.79. The third-order valence-electron chi connectivity index (χ3n) is 3.18. The molecule has 0 radical (unpaired) electrons. The van der Waals surface area contributed by atoms with Gasteiger partial charge in [0.2, 0.25) is 0 Å². The van der Waals surface area contributed by atoms with E-state index in [4.69, 9.17) is 0 Å². The first-order chi connectivity index (χ1) is 6.34. The van der Waals surface area contributed by atoms with Crippen molar-refractivity contribution in [3.05, 3.63) is 16.1 Å². The summed E-state index contributed by atoms with van der Waals surface area (Å²) in [6, 6.07) is 0.581. The molecule has 3 rings (SSSR count). The predicted molar refractivity (Wildman–Crippen MR) is 53.8 cm³/mol. The number of hydrogen-bond acceptors (Lipinski definition) is 3.